The molecule has 98 valence electrons. The van der Waals surface area contributed by atoms with Crippen molar-refractivity contribution in [3.05, 3.63) is 54.4 Å². The van der Waals surface area contributed by atoms with E-state index in [9.17, 15) is 4.79 Å². The van der Waals surface area contributed by atoms with Crippen molar-refractivity contribution in [2.45, 2.75) is 5.38 Å². The number of rotatable bonds is 4. The van der Waals surface area contributed by atoms with Gasteiger partial charge in [0.15, 0.2) is 0 Å². The molecule has 0 saturated carbocycles. The lowest BCUT2D eigenvalue weighted by molar-refractivity contribution is -0.116. The summed E-state index contributed by atoms with van der Waals surface area (Å²) in [6.07, 6.45) is 3.20. The lowest BCUT2D eigenvalue weighted by Crippen LogP contribution is -2.17. The normalized spacial score (nSPS) is 11.7. The number of carbonyl (C=O) groups is 1. The van der Waals surface area contributed by atoms with Crippen molar-refractivity contribution in [3.8, 4) is 5.75 Å². The molecule has 2 rings (SSSR count). The minimum absolute atomic E-state index is 0.292. The van der Waals surface area contributed by atoms with Crippen molar-refractivity contribution in [2.24, 2.45) is 0 Å². The van der Waals surface area contributed by atoms with Crippen LogP contribution in [0, 0.1) is 0 Å². The maximum absolute atomic E-state index is 12.0. The molecule has 2 aromatic rings. The Bertz CT molecular complexity index is 543. The Morgan fingerprint density at radius 1 is 1.32 bits per heavy atom. The summed E-state index contributed by atoms with van der Waals surface area (Å²) < 4.78 is 5.05. The van der Waals surface area contributed by atoms with Gasteiger partial charge in [-0.15, -0.1) is 11.6 Å². The van der Waals surface area contributed by atoms with Crippen molar-refractivity contribution in [1.29, 1.82) is 0 Å². The summed E-state index contributed by atoms with van der Waals surface area (Å²) in [7, 11) is 1.59. The Morgan fingerprint density at radius 2 is 2.05 bits per heavy atom. The SMILES string of the molecule is COc1ccc(C(Cl)C(=O)Nc2cccnc2)cc1. The third-order valence-electron chi connectivity index (χ3n) is 2.57. The third-order valence-corrected chi connectivity index (χ3v) is 3.02. The molecule has 19 heavy (non-hydrogen) atoms. The summed E-state index contributed by atoms with van der Waals surface area (Å²) in [4.78, 5) is 15.9. The van der Waals surface area contributed by atoms with Crippen LogP contribution in [-0.2, 0) is 4.79 Å². The molecule has 0 bridgehead atoms. The van der Waals surface area contributed by atoms with Gasteiger partial charge >= 0.3 is 0 Å². The molecule has 0 saturated heterocycles. The summed E-state index contributed by atoms with van der Waals surface area (Å²) in [6.45, 7) is 0. The summed E-state index contributed by atoms with van der Waals surface area (Å²) in [5, 5.41) is 1.95. The van der Waals surface area contributed by atoms with Crippen LogP contribution >= 0.6 is 11.6 Å². The number of benzene rings is 1. The van der Waals surface area contributed by atoms with E-state index in [0.29, 0.717) is 11.3 Å². The number of ether oxygens (including phenoxy) is 1. The molecule has 1 amide bonds. The summed E-state index contributed by atoms with van der Waals surface area (Å²) in [5.41, 5.74) is 1.33. The number of carbonyl (C=O) groups excluding carboxylic acids is 1. The first-order chi connectivity index (χ1) is 9.20. The zero-order chi connectivity index (χ0) is 13.7. The van der Waals surface area contributed by atoms with E-state index >= 15 is 0 Å². The van der Waals surface area contributed by atoms with Gasteiger partial charge in [0.05, 0.1) is 19.0 Å². The lowest BCUT2D eigenvalue weighted by Gasteiger charge is -2.11. The Morgan fingerprint density at radius 3 is 2.63 bits per heavy atom. The fourth-order valence-corrected chi connectivity index (χ4v) is 1.77. The molecule has 4 nitrogen and oxygen atoms in total. The van der Waals surface area contributed by atoms with Crippen LogP contribution in [0.3, 0.4) is 0 Å². The number of hydrogen-bond donors (Lipinski definition) is 1. The van der Waals surface area contributed by atoms with Crippen molar-refractivity contribution in [1.82, 2.24) is 4.98 Å². The highest BCUT2D eigenvalue weighted by Crippen LogP contribution is 2.24. The zero-order valence-corrected chi connectivity index (χ0v) is 11.1. The monoisotopic (exact) mass is 276 g/mol. The molecule has 0 aliphatic rings. The van der Waals surface area contributed by atoms with E-state index in [1.807, 2.05) is 0 Å². The maximum atomic E-state index is 12.0. The number of aromatic nitrogens is 1. The topological polar surface area (TPSA) is 51.2 Å². The number of halogens is 1. The summed E-state index contributed by atoms with van der Waals surface area (Å²) >= 11 is 6.13. The second kappa shape index (κ2) is 6.20. The van der Waals surface area contributed by atoms with Crippen molar-refractivity contribution < 1.29 is 9.53 Å². The van der Waals surface area contributed by atoms with Crippen molar-refractivity contribution in [2.75, 3.05) is 12.4 Å². The van der Waals surface area contributed by atoms with E-state index in [-0.39, 0.29) is 5.91 Å². The first-order valence-corrected chi connectivity index (χ1v) is 6.13. The highest BCUT2D eigenvalue weighted by Gasteiger charge is 2.17. The number of nitrogens with one attached hydrogen (secondary N) is 1. The van der Waals surface area contributed by atoms with Crippen LogP contribution in [0.4, 0.5) is 5.69 Å². The molecule has 1 N–H and O–H groups in total. The van der Waals surface area contributed by atoms with E-state index in [1.165, 1.54) is 0 Å². The third kappa shape index (κ3) is 3.45. The van der Waals surface area contributed by atoms with Gasteiger partial charge in [-0.05, 0) is 29.8 Å². The number of amides is 1. The van der Waals surface area contributed by atoms with Crippen LogP contribution in [0.2, 0.25) is 0 Å². The average Bonchev–Trinajstić information content (AvgIpc) is 2.47. The largest absolute Gasteiger partial charge is 0.497 e. The molecule has 1 heterocycles. The highest BCUT2D eigenvalue weighted by atomic mass is 35.5. The quantitative estimate of drug-likeness (QED) is 0.874. The number of alkyl halides is 1. The lowest BCUT2D eigenvalue weighted by atomic mass is 10.1. The number of nitrogens with zero attached hydrogens (tertiary/aromatic N) is 1. The highest BCUT2D eigenvalue weighted by molar-refractivity contribution is 6.32. The molecule has 0 fully saturated rings. The minimum atomic E-state index is -0.758. The summed E-state index contributed by atoms with van der Waals surface area (Å²) in [6, 6.07) is 10.6. The van der Waals surface area contributed by atoms with Gasteiger partial charge in [-0.25, -0.2) is 0 Å². The molecule has 1 atom stereocenters. The Hall–Kier alpha value is -2.07. The Kier molecular flexibility index (Phi) is 4.36. The van der Waals surface area contributed by atoms with Crippen LogP contribution in [-0.4, -0.2) is 18.0 Å². The predicted octanol–water partition coefficient (Wildman–Crippen LogP) is 3.01. The van der Waals surface area contributed by atoms with E-state index in [0.717, 1.165) is 5.75 Å². The van der Waals surface area contributed by atoms with Crippen LogP contribution in [0.5, 0.6) is 5.75 Å². The van der Waals surface area contributed by atoms with Gasteiger partial charge < -0.3 is 10.1 Å². The first-order valence-electron chi connectivity index (χ1n) is 5.69. The minimum Gasteiger partial charge on any atom is -0.497 e. The van der Waals surface area contributed by atoms with Gasteiger partial charge in [0, 0.05) is 6.20 Å². The van der Waals surface area contributed by atoms with Gasteiger partial charge in [-0.1, -0.05) is 12.1 Å². The van der Waals surface area contributed by atoms with E-state index in [4.69, 9.17) is 16.3 Å². The molecule has 0 radical (unpaired) electrons. The smallest absolute Gasteiger partial charge is 0.247 e. The van der Waals surface area contributed by atoms with Gasteiger partial charge in [0.25, 0.3) is 0 Å². The molecular weight excluding hydrogens is 264 g/mol. The van der Waals surface area contributed by atoms with Gasteiger partial charge in [-0.3, -0.25) is 9.78 Å². The standard InChI is InChI=1S/C14H13ClN2O2/c1-19-12-6-4-10(5-7-12)13(15)14(18)17-11-3-2-8-16-9-11/h2-9,13H,1H3,(H,17,18). The van der Waals surface area contributed by atoms with E-state index < -0.39 is 5.38 Å². The molecule has 5 heteroatoms. The summed E-state index contributed by atoms with van der Waals surface area (Å²) in [5.74, 6) is 0.431. The fourth-order valence-electron chi connectivity index (χ4n) is 1.57. The number of methoxy groups -OCH3 is 1. The average molecular weight is 277 g/mol. The number of pyridine rings is 1. The second-order valence-corrected chi connectivity index (χ2v) is 4.30. The first kappa shape index (κ1) is 13.4. The van der Waals surface area contributed by atoms with Crippen LogP contribution < -0.4 is 10.1 Å². The van der Waals surface area contributed by atoms with E-state index in [1.54, 1.807) is 55.9 Å². The molecule has 1 aromatic carbocycles. The number of anilines is 1. The van der Waals surface area contributed by atoms with Crippen molar-refractivity contribution >= 4 is 23.2 Å². The van der Waals surface area contributed by atoms with Gasteiger partial charge in [0.1, 0.15) is 11.1 Å². The van der Waals surface area contributed by atoms with E-state index in [2.05, 4.69) is 10.3 Å². The van der Waals surface area contributed by atoms with Gasteiger partial charge in [0.2, 0.25) is 5.91 Å². The zero-order valence-electron chi connectivity index (χ0n) is 10.3. The van der Waals surface area contributed by atoms with Crippen LogP contribution in [0.1, 0.15) is 10.9 Å². The maximum Gasteiger partial charge on any atom is 0.247 e. The molecule has 1 aromatic heterocycles. The molecule has 0 spiro atoms. The molecule has 0 aliphatic heterocycles. The Labute approximate surface area is 116 Å². The van der Waals surface area contributed by atoms with Crippen LogP contribution in [0.25, 0.3) is 0 Å². The second-order valence-electron chi connectivity index (χ2n) is 3.87. The predicted molar refractivity (Wildman–Crippen MR) is 74.5 cm³/mol. The fraction of sp³-hybridized carbons (Fsp3) is 0.143. The number of hydrogen-bond acceptors (Lipinski definition) is 3. The Balaban J connectivity index is 2.06. The molecule has 0 aliphatic carbocycles. The molecular formula is C14H13ClN2O2. The van der Waals surface area contributed by atoms with Crippen molar-refractivity contribution in [3.63, 3.8) is 0 Å². The van der Waals surface area contributed by atoms with Crippen LogP contribution in [0.15, 0.2) is 48.8 Å². The molecule has 1 unspecified atom stereocenters. The van der Waals surface area contributed by atoms with Gasteiger partial charge in [-0.2, -0.15) is 0 Å².